The van der Waals surface area contributed by atoms with Gasteiger partial charge in [-0.05, 0) is 23.7 Å². The van der Waals surface area contributed by atoms with Gasteiger partial charge in [0, 0.05) is 37.6 Å². The molecule has 124 valence electrons. The highest BCUT2D eigenvalue weighted by atomic mass is 16.5. The molecule has 7 heteroatoms. The maximum atomic E-state index is 12.4. The molecule has 3 heterocycles. The first-order valence-electron chi connectivity index (χ1n) is 8.10. The SMILES string of the molecule is Cc1cc(=O)n(Cc2nc(N3CCNCC3)no2)c2ccccc12. The van der Waals surface area contributed by atoms with Crippen LogP contribution in [0.4, 0.5) is 5.95 Å². The van der Waals surface area contributed by atoms with E-state index in [0.29, 0.717) is 11.8 Å². The molecule has 0 bridgehead atoms. The Balaban J connectivity index is 1.68. The molecule has 24 heavy (non-hydrogen) atoms. The van der Waals surface area contributed by atoms with Gasteiger partial charge in [-0.3, -0.25) is 9.36 Å². The first kappa shape index (κ1) is 14.9. The summed E-state index contributed by atoms with van der Waals surface area (Å²) in [5.74, 6) is 1.04. The molecular formula is C17H19N5O2. The van der Waals surface area contributed by atoms with Crippen molar-refractivity contribution in [3.05, 3.63) is 52.1 Å². The highest BCUT2D eigenvalue weighted by Crippen LogP contribution is 2.17. The molecule has 0 radical (unpaired) electrons. The van der Waals surface area contributed by atoms with Crippen LogP contribution in [-0.2, 0) is 6.54 Å². The average Bonchev–Trinajstić information content (AvgIpc) is 3.08. The second-order valence-electron chi connectivity index (χ2n) is 5.99. The van der Waals surface area contributed by atoms with Crippen LogP contribution in [0.2, 0.25) is 0 Å². The fourth-order valence-electron chi connectivity index (χ4n) is 3.10. The summed E-state index contributed by atoms with van der Waals surface area (Å²) in [7, 11) is 0. The fourth-order valence-corrected chi connectivity index (χ4v) is 3.10. The third-order valence-corrected chi connectivity index (χ3v) is 4.38. The molecule has 4 rings (SSSR count). The molecule has 1 aliphatic rings. The molecule has 0 spiro atoms. The largest absolute Gasteiger partial charge is 0.336 e. The minimum absolute atomic E-state index is 0.0619. The van der Waals surface area contributed by atoms with Crippen molar-refractivity contribution < 1.29 is 4.52 Å². The minimum atomic E-state index is -0.0619. The Kier molecular flexibility index (Phi) is 3.78. The van der Waals surface area contributed by atoms with E-state index in [4.69, 9.17) is 4.52 Å². The van der Waals surface area contributed by atoms with Crippen LogP contribution in [0.25, 0.3) is 10.9 Å². The number of rotatable bonds is 3. The van der Waals surface area contributed by atoms with Gasteiger partial charge in [0.15, 0.2) is 0 Å². The molecule has 1 N–H and O–H groups in total. The highest BCUT2D eigenvalue weighted by molar-refractivity contribution is 5.82. The zero-order valence-electron chi connectivity index (χ0n) is 13.5. The molecule has 0 amide bonds. The van der Waals surface area contributed by atoms with Gasteiger partial charge in [0.2, 0.25) is 5.89 Å². The molecule has 1 saturated heterocycles. The van der Waals surface area contributed by atoms with Crippen LogP contribution < -0.4 is 15.8 Å². The summed E-state index contributed by atoms with van der Waals surface area (Å²) in [6, 6.07) is 9.50. The Morgan fingerprint density at radius 3 is 2.88 bits per heavy atom. The van der Waals surface area contributed by atoms with E-state index in [1.54, 1.807) is 10.6 Å². The van der Waals surface area contributed by atoms with E-state index in [2.05, 4.69) is 20.4 Å². The second kappa shape index (κ2) is 6.09. The Bertz CT molecular complexity index is 924. The number of piperazine rings is 1. The number of nitrogens with zero attached hydrogens (tertiary/aromatic N) is 4. The summed E-state index contributed by atoms with van der Waals surface area (Å²) in [5.41, 5.74) is 1.79. The van der Waals surface area contributed by atoms with Gasteiger partial charge >= 0.3 is 0 Å². The summed E-state index contributed by atoms with van der Waals surface area (Å²) >= 11 is 0. The molecule has 1 aliphatic heterocycles. The third-order valence-electron chi connectivity index (χ3n) is 4.38. The summed E-state index contributed by atoms with van der Waals surface area (Å²) in [6.07, 6.45) is 0. The van der Waals surface area contributed by atoms with Gasteiger partial charge < -0.3 is 14.7 Å². The van der Waals surface area contributed by atoms with Gasteiger partial charge in [-0.1, -0.05) is 18.2 Å². The standard InChI is InChI=1S/C17H19N5O2/c1-12-10-16(23)22(14-5-3-2-4-13(12)14)11-15-19-17(20-24-15)21-8-6-18-7-9-21/h2-5,10,18H,6-9,11H2,1H3. The topological polar surface area (TPSA) is 76.2 Å². The van der Waals surface area contributed by atoms with Crippen molar-refractivity contribution in [3.63, 3.8) is 0 Å². The predicted octanol–water partition coefficient (Wildman–Crippen LogP) is 1.15. The van der Waals surface area contributed by atoms with Crippen LogP contribution in [0.15, 0.2) is 39.6 Å². The second-order valence-corrected chi connectivity index (χ2v) is 5.99. The normalized spacial score (nSPS) is 15.1. The molecule has 1 fully saturated rings. The lowest BCUT2D eigenvalue weighted by Gasteiger charge is -2.25. The number of pyridine rings is 1. The molecule has 2 aromatic heterocycles. The van der Waals surface area contributed by atoms with E-state index in [1.807, 2.05) is 31.2 Å². The van der Waals surface area contributed by atoms with E-state index in [0.717, 1.165) is 42.6 Å². The monoisotopic (exact) mass is 325 g/mol. The van der Waals surface area contributed by atoms with Crippen LogP contribution >= 0.6 is 0 Å². The van der Waals surface area contributed by atoms with Gasteiger partial charge in [-0.2, -0.15) is 4.98 Å². The lowest BCUT2D eigenvalue weighted by atomic mass is 10.1. The van der Waals surface area contributed by atoms with Crippen LogP contribution in [0, 0.1) is 6.92 Å². The number of fused-ring (bicyclic) bond motifs is 1. The van der Waals surface area contributed by atoms with Crippen molar-refractivity contribution >= 4 is 16.9 Å². The van der Waals surface area contributed by atoms with Gasteiger partial charge in [-0.25, -0.2) is 0 Å². The lowest BCUT2D eigenvalue weighted by molar-refractivity contribution is 0.369. The third kappa shape index (κ3) is 2.67. The van der Waals surface area contributed by atoms with E-state index in [1.165, 1.54) is 0 Å². The van der Waals surface area contributed by atoms with Crippen molar-refractivity contribution in [2.75, 3.05) is 31.1 Å². The first-order chi connectivity index (χ1) is 11.7. The summed E-state index contributed by atoms with van der Waals surface area (Å²) in [6.45, 7) is 5.75. The molecule has 0 atom stereocenters. The first-order valence-corrected chi connectivity index (χ1v) is 8.10. The van der Waals surface area contributed by atoms with E-state index >= 15 is 0 Å². The van der Waals surface area contributed by atoms with Crippen molar-refractivity contribution in [3.8, 4) is 0 Å². The van der Waals surface area contributed by atoms with Crippen LogP contribution in [0.1, 0.15) is 11.5 Å². The number of aryl methyl sites for hydroxylation is 1. The predicted molar refractivity (Wildman–Crippen MR) is 91.4 cm³/mol. The molecule has 3 aromatic rings. The van der Waals surface area contributed by atoms with Gasteiger partial charge in [0.1, 0.15) is 6.54 Å². The Morgan fingerprint density at radius 2 is 2.04 bits per heavy atom. The van der Waals surface area contributed by atoms with Gasteiger partial charge in [0.05, 0.1) is 5.52 Å². The van der Waals surface area contributed by atoms with Crippen molar-refractivity contribution in [1.29, 1.82) is 0 Å². The van der Waals surface area contributed by atoms with E-state index in [-0.39, 0.29) is 12.1 Å². The number of para-hydroxylation sites is 1. The lowest BCUT2D eigenvalue weighted by Crippen LogP contribution is -2.44. The Labute approximate surface area is 138 Å². The van der Waals surface area contributed by atoms with Crippen LogP contribution in [0.5, 0.6) is 0 Å². The molecule has 0 saturated carbocycles. The number of aromatic nitrogens is 3. The smallest absolute Gasteiger partial charge is 0.266 e. The van der Waals surface area contributed by atoms with Crippen LogP contribution in [0.3, 0.4) is 0 Å². The Morgan fingerprint density at radius 1 is 1.25 bits per heavy atom. The summed E-state index contributed by atoms with van der Waals surface area (Å²) < 4.78 is 7.05. The number of anilines is 1. The quantitative estimate of drug-likeness (QED) is 0.778. The molecule has 0 unspecified atom stereocenters. The zero-order valence-corrected chi connectivity index (χ0v) is 13.5. The maximum Gasteiger partial charge on any atom is 0.266 e. The zero-order chi connectivity index (χ0) is 16.5. The van der Waals surface area contributed by atoms with E-state index in [9.17, 15) is 4.79 Å². The molecule has 1 aromatic carbocycles. The number of hydrogen-bond acceptors (Lipinski definition) is 6. The summed E-state index contributed by atoms with van der Waals surface area (Å²) in [5, 5.41) is 8.41. The Hall–Kier alpha value is -2.67. The van der Waals surface area contributed by atoms with Crippen molar-refractivity contribution in [1.82, 2.24) is 20.0 Å². The van der Waals surface area contributed by atoms with Gasteiger partial charge in [-0.15, -0.1) is 0 Å². The highest BCUT2D eigenvalue weighted by Gasteiger charge is 2.17. The maximum absolute atomic E-state index is 12.4. The molecular weight excluding hydrogens is 306 g/mol. The number of hydrogen-bond donors (Lipinski definition) is 1. The fraction of sp³-hybridized carbons (Fsp3) is 0.353. The van der Waals surface area contributed by atoms with Crippen molar-refractivity contribution in [2.24, 2.45) is 0 Å². The van der Waals surface area contributed by atoms with Crippen molar-refractivity contribution in [2.45, 2.75) is 13.5 Å². The van der Waals surface area contributed by atoms with Crippen LogP contribution in [-0.4, -0.2) is 40.9 Å². The number of benzene rings is 1. The minimum Gasteiger partial charge on any atom is -0.336 e. The summed E-state index contributed by atoms with van der Waals surface area (Å²) in [4.78, 5) is 19.0. The molecule has 0 aliphatic carbocycles. The molecule has 7 nitrogen and oxygen atoms in total. The average molecular weight is 325 g/mol. The number of nitrogens with one attached hydrogen (secondary N) is 1. The van der Waals surface area contributed by atoms with E-state index < -0.39 is 0 Å². The van der Waals surface area contributed by atoms with Gasteiger partial charge in [0.25, 0.3) is 11.5 Å².